The molecule has 1 aromatic carbocycles. The van der Waals surface area contributed by atoms with Crippen molar-refractivity contribution >= 4 is 11.9 Å². The van der Waals surface area contributed by atoms with Crippen LogP contribution in [0.25, 0.3) is 0 Å². The molecule has 1 aliphatic carbocycles. The highest BCUT2D eigenvalue weighted by Gasteiger charge is 2.54. The molecule has 0 unspecified atom stereocenters. The van der Waals surface area contributed by atoms with Gasteiger partial charge in [0.15, 0.2) is 0 Å². The third-order valence-electron chi connectivity index (χ3n) is 7.62. The zero-order valence-corrected chi connectivity index (χ0v) is 17.9. The van der Waals surface area contributed by atoms with Gasteiger partial charge in [0.2, 0.25) is 5.91 Å². The molecular formula is C23H33N3O3. The van der Waals surface area contributed by atoms with Crippen LogP contribution in [-0.4, -0.2) is 71.0 Å². The number of benzene rings is 1. The number of carbonyl (C=O) groups excluding carboxylic acids is 2. The number of likely N-dealkylation sites (N-methyl/N-ethyl adjacent to an activating group) is 1. The molecule has 2 aliphatic heterocycles. The fourth-order valence-corrected chi connectivity index (χ4v) is 6.10. The Kier molecular flexibility index (Phi) is 5.32. The van der Waals surface area contributed by atoms with E-state index in [-0.39, 0.29) is 23.1 Å². The van der Waals surface area contributed by atoms with Crippen LogP contribution in [-0.2, 0) is 16.6 Å². The van der Waals surface area contributed by atoms with Gasteiger partial charge in [-0.2, -0.15) is 0 Å². The highest BCUT2D eigenvalue weighted by Crippen LogP contribution is 2.53. The van der Waals surface area contributed by atoms with Crippen LogP contribution in [0.3, 0.4) is 0 Å². The second kappa shape index (κ2) is 7.63. The van der Waals surface area contributed by atoms with Crippen molar-refractivity contribution < 1.29 is 14.7 Å². The molecular weight excluding hydrogens is 366 g/mol. The average molecular weight is 400 g/mol. The van der Waals surface area contributed by atoms with Gasteiger partial charge in [-0.1, -0.05) is 6.07 Å². The van der Waals surface area contributed by atoms with E-state index in [4.69, 9.17) is 0 Å². The molecule has 1 aromatic rings. The third kappa shape index (κ3) is 3.21. The monoisotopic (exact) mass is 399 g/mol. The van der Waals surface area contributed by atoms with Crippen LogP contribution in [0.4, 0.5) is 4.79 Å². The normalized spacial score (nSPS) is 30.7. The molecule has 29 heavy (non-hydrogen) atoms. The lowest BCUT2D eigenvalue weighted by Gasteiger charge is -2.57. The fraction of sp³-hybridized carbons (Fsp3) is 0.652. The van der Waals surface area contributed by atoms with Crippen molar-refractivity contribution in [2.45, 2.75) is 57.4 Å². The first-order valence-electron chi connectivity index (χ1n) is 11.0. The van der Waals surface area contributed by atoms with Crippen LogP contribution in [0.1, 0.15) is 50.7 Å². The van der Waals surface area contributed by atoms with E-state index >= 15 is 0 Å². The van der Waals surface area contributed by atoms with Crippen LogP contribution in [0.15, 0.2) is 18.2 Å². The minimum absolute atomic E-state index is 0.0812. The number of imide groups is 1. The van der Waals surface area contributed by atoms with E-state index in [1.807, 2.05) is 30.9 Å². The Labute approximate surface area is 173 Å². The van der Waals surface area contributed by atoms with Gasteiger partial charge >= 0.3 is 6.03 Å². The Balaban J connectivity index is 1.83. The van der Waals surface area contributed by atoms with E-state index < -0.39 is 0 Å². The number of carbonyl (C=O) groups is 2. The second-order valence-corrected chi connectivity index (χ2v) is 8.93. The summed E-state index contributed by atoms with van der Waals surface area (Å²) in [6, 6.07) is 5.91. The molecule has 2 bridgehead atoms. The summed E-state index contributed by atoms with van der Waals surface area (Å²) < 4.78 is 0. The van der Waals surface area contributed by atoms with Gasteiger partial charge in [-0.05, 0) is 82.3 Å². The van der Waals surface area contributed by atoms with Gasteiger partial charge < -0.3 is 14.9 Å². The Morgan fingerprint density at radius 1 is 1.17 bits per heavy atom. The molecule has 0 spiro atoms. The first kappa shape index (κ1) is 20.2. The number of urea groups is 1. The largest absolute Gasteiger partial charge is 0.508 e. The molecule has 3 amide bonds. The van der Waals surface area contributed by atoms with Gasteiger partial charge in [0.05, 0.1) is 0 Å². The minimum Gasteiger partial charge on any atom is -0.508 e. The van der Waals surface area contributed by atoms with Crippen molar-refractivity contribution in [3.63, 3.8) is 0 Å². The summed E-state index contributed by atoms with van der Waals surface area (Å²) in [4.78, 5) is 32.2. The molecule has 2 heterocycles. The van der Waals surface area contributed by atoms with Crippen LogP contribution < -0.4 is 0 Å². The van der Waals surface area contributed by atoms with Crippen molar-refractivity contribution in [2.75, 3.05) is 33.2 Å². The summed E-state index contributed by atoms with van der Waals surface area (Å²) in [6.45, 7) is 6.50. The summed E-state index contributed by atoms with van der Waals surface area (Å²) in [5.41, 5.74) is 2.07. The highest BCUT2D eigenvalue weighted by atomic mass is 16.3. The Morgan fingerprint density at radius 3 is 2.69 bits per heavy atom. The molecule has 0 saturated carbocycles. The number of aromatic hydroxyl groups is 1. The Hall–Kier alpha value is -2.08. The van der Waals surface area contributed by atoms with Crippen LogP contribution in [0.5, 0.6) is 5.75 Å². The predicted octanol–water partition coefficient (Wildman–Crippen LogP) is 2.98. The molecule has 1 N–H and O–H groups in total. The number of fused-ring (bicyclic) bond motifs is 1. The SMILES string of the molecule is CCN1CCC[C@H]2[C@H]3Cc4ccc(O)cc4[C@@]2(CCN3C)CC(=O)N(CC)C1=O. The summed E-state index contributed by atoms with van der Waals surface area (Å²) >= 11 is 0. The smallest absolute Gasteiger partial charge is 0.326 e. The van der Waals surface area contributed by atoms with E-state index in [1.165, 1.54) is 10.5 Å². The number of hydrogen-bond acceptors (Lipinski definition) is 4. The molecule has 6 nitrogen and oxygen atoms in total. The van der Waals surface area contributed by atoms with Gasteiger partial charge in [-0.15, -0.1) is 0 Å². The van der Waals surface area contributed by atoms with E-state index in [9.17, 15) is 14.7 Å². The van der Waals surface area contributed by atoms with Crippen molar-refractivity contribution in [3.8, 4) is 5.75 Å². The summed E-state index contributed by atoms with van der Waals surface area (Å²) in [5, 5.41) is 10.3. The van der Waals surface area contributed by atoms with Crippen LogP contribution >= 0.6 is 0 Å². The van der Waals surface area contributed by atoms with Gasteiger partial charge in [0.25, 0.3) is 0 Å². The van der Waals surface area contributed by atoms with Gasteiger partial charge in [-0.25, -0.2) is 4.79 Å². The zero-order valence-electron chi connectivity index (χ0n) is 17.9. The lowest BCUT2D eigenvalue weighted by molar-refractivity contribution is -0.132. The van der Waals surface area contributed by atoms with E-state index in [1.54, 1.807) is 6.07 Å². The minimum atomic E-state index is -0.303. The zero-order chi connectivity index (χ0) is 20.8. The van der Waals surface area contributed by atoms with Crippen LogP contribution in [0.2, 0.25) is 0 Å². The number of piperidine rings is 1. The number of amides is 3. The Bertz CT molecular complexity index is 811. The first-order valence-corrected chi connectivity index (χ1v) is 11.0. The predicted molar refractivity (Wildman–Crippen MR) is 112 cm³/mol. The molecule has 3 aliphatic rings. The molecule has 2 fully saturated rings. The molecule has 0 aromatic heterocycles. The number of phenols is 1. The molecule has 0 radical (unpaired) electrons. The first-order chi connectivity index (χ1) is 13.9. The number of nitrogens with zero attached hydrogens (tertiary/aromatic N) is 3. The maximum absolute atomic E-state index is 13.5. The number of phenolic OH excluding ortho intramolecular Hbond substituents is 1. The van der Waals surface area contributed by atoms with Crippen molar-refractivity contribution in [2.24, 2.45) is 5.92 Å². The topological polar surface area (TPSA) is 64.1 Å². The summed E-state index contributed by atoms with van der Waals surface area (Å²) in [6.07, 6.45) is 4.12. The van der Waals surface area contributed by atoms with E-state index in [2.05, 4.69) is 11.9 Å². The molecule has 3 atom stereocenters. The molecule has 4 rings (SSSR count). The van der Waals surface area contributed by atoms with E-state index in [0.29, 0.717) is 38.0 Å². The van der Waals surface area contributed by atoms with Gasteiger partial charge in [0, 0.05) is 37.5 Å². The lowest BCUT2D eigenvalue weighted by Crippen LogP contribution is -2.61. The van der Waals surface area contributed by atoms with Gasteiger partial charge in [-0.3, -0.25) is 9.69 Å². The highest BCUT2D eigenvalue weighted by molar-refractivity contribution is 5.95. The standard InChI is InChI=1S/C23H33N3O3/c1-4-25-11-6-7-18-20-13-16-8-9-17(27)14-19(16)23(18,10-12-24(20)3)15-21(28)26(5-2)22(25)29/h8-9,14,18,20,27H,4-7,10-13,15H2,1-3H3/t18-,20+,23-/m0/s1. The number of rotatable bonds is 2. The summed E-state index contributed by atoms with van der Waals surface area (Å²) in [5.74, 6) is 0.534. The quantitative estimate of drug-likeness (QED) is 0.830. The molecule has 158 valence electrons. The lowest BCUT2D eigenvalue weighted by atomic mass is 9.54. The maximum Gasteiger partial charge on any atom is 0.326 e. The molecule has 6 heteroatoms. The van der Waals surface area contributed by atoms with Gasteiger partial charge in [0.1, 0.15) is 5.75 Å². The second-order valence-electron chi connectivity index (χ2n) is 8.93. The van der Waals surface area contributed by atoms with Crippen LogP contribution in [0, 0.1) is 5.92 Å². The summed E-state index contributed by atoms with van der Waals surface area (Å²) in [7, 11) is 2.20. The van der Waals surface area contributed by atoms with Crippen molar-refractivity contribution in [1.82, 2.24) is 14.7 Å². The van der Waals surface area contributed by atoms with Crippen molar-refractivity contribution in [1.29, 1.82) is 0 Å². The fourth-order valence-electron chi connectivity index (χ4n) is 6.10. The third-order valence-corrected chi connectivity index (χ3v) is 7.62. The average Bonchev–Trinajstić information content (AvgIpc) is 2.70. The molecule has 2 saturated heterocycles. The maximum atomic E-state index is 13.5. The van der Waals surface area contributed by atoms with E-state index in [0.717, 1.165) is 37.8 Å². The Morgan fingerprint density at radius 2 is 1.97 bits per heavy atom. The number of hydrogen-bond donors (Lipinski definition) is 1. The number of likely N-dealkylation sites (tertiary alicyclic amines) is 1. The van der Waals surface area contributed by atoms with Crippen molar-refractivity contribution in [3.05, 3.63) is 29.3 Å².